The maximum atomic E-state index is 13.2. The normalized spacial score (nSPS) is 13.6. The summed E-state index contributed by atoms with van der Waals surface area (Å²) < 4.78 is 13.2. The Balaban J connectivity index is 1.77. The molecule has 1 amide bonds. The number of hydrogen-bond donors (Lipinski definition) is 3. The van der Waals surface area contributed by atoms with Gasteiger partial charge in [-0.2, -0.15) is 4.98 Å². The minimum absolute atomic E-state index is 0.227. The molecular weight excluding hydrogens is 299 g/mol. The highest BCUT2D eigenvalue weighted by Gasteiger charge is 2.27. The van der Waals surface area contributed by atoms with Gasteiger partial charge >= 0.3 is 0 Å². The summed E-state index contributed by atoms with van der Waals surface area (Å²) in [5.74, 6) is 0.656. The Bertz CT molecular complexity index is 719. The number of nitrogens with one attached hydrogen (secondary N) is 2. The highest BCUT2D eigenvalue weighted by atomic mass is 19.1. The van der Waals surface area contributed by atoms with Crippen LogP contribution in [-0.2, 0) is 4.79 Å². The summed E-state index contributed by atoms with van der Waals surface area (Å²) in [6, 6.07) is 1.31. The van der Waals surface area contributed by atoms with Crippen LogP contribution < -0.4 is 16.4 Å². The average Bonchev–Trinajstić information content (AvgIpc) is 3.32. The van der Waals surface area contributed by atoms with E-state index in [0.717, 1.165) is 24.6 Å². The van der Waals surface area contributed by atoms with Crippen LogP contribution in [0.25, 0.3) is 0 Å². The second-order valence-electron chi connectivity index (χ2n) is 5.43. The molecule has 0 radical (unpaired) electrons. The molecule has 0 unspecified atom stereocenters. The molecular formula is C15H17FN6O. The van der Waals surface area contributed by atoms with Gasteiger partial charge in [-0.1, -0.05) is 0 Å². The molecule has 1 saturated carbocycles. The lowest BCUT2D eigenvalue weighted by molar-refractivity contribution is -0.117. The van der Waals surface area contributed by atoms with E-state index in [4.69, 9.17) is 5.73 Å². The van der Waals surface area contributed by atoms with Gasteiger partial charge in [0, 0.05) is 30.8 Å². The topological polar surface area (TPSA) is 106 Å². The summed E-state index contributed by atoms with van der Waals surface area (Å²) >= 11 is 0. The number of carbonyl (C=O) groups is 1. The van der Waals surface area contributed by atoms with Crippen LogP contribution in [0.5, 0.6) is 0 Å². The Hall–Kier alpha value is -2.77. The van der Waals surface area contributed by atoms with Gasteiger partial charge in [0.15, 0.2) is 0 Å². The van der Waals surface area contributed by atoms with E-state index in [1.165, 1.54) is 12.3 Å². The zero-order valence-electron chi connectivity index (χ0n) is 12.4. The number of carbonyl (C=O) groups excluding carboxylic acids is 1. The van der Waals surface area contributed by atoms with Gasteiger partial charge in [0.1, 0.15) is 11.6 Å². The van der Waals surface area contributed by atoms with E-state index in [1.807, 2.05) is 0 Å². The first-order chi connectivity index (χ1) is 11.1. The Morgan fingerprint density at radius 1 is 1.35 bits per heavy atom. The number of amides is 1. The smallest absolute Gasteiger partial charge is 0.229 e. The molecule has 7 nitrogen and oxygen atoms in total. The molecule has 120 valence electrons. The van der Waals surface area contributed by atoms with E-state index in [0.29, 0.717) is 29.9 Å². The fourth-order valence-corrected chi connectivity index (χ4v) is 2.20. The van der Waals surface area contributed by atoms with Crippen LogP contribution in [0.1, 0.15) is 30.7 Å². The number of pyridine rings is 1. The van der Waals surface area contributed by atoms with Crippen LogP contribution in [0.2, 0.25) is 0 Å². The van der Waals surface area contributed by atoms with Crippen LogP contribution in [0.15, 0.2) is 24.7 Å². The first kappa shape index (κ1) is 15.1. The van der Waals surface area contributed by atoms with Crippen LogP contribution in [0.4, 0.5) is 21.8 Å². The molecule has 0 saturated heterocycles. The number of anilines is 3. The molecule has 2 heterocycles. The van der Waals surface area contributed by atoms with Gasteiger partial charge in [0.05, 0.1) is 18.1 Å². The predicted octanol–water partition coefficient (Wildman–Crippen LogP) is 1.92. The zero-order valence-corrected chi connectivity index (χ0v) is 12.4. The lowest BCUT2D eigenvalue weighted by Gasteiger charge is -2.12. The molecule has 0 spiro atoms. The molecule has 1 fully saturated rings. The van der Waals surface area contributed by atoms with Gasteiger partial charge in [-0.3, -0.25) is 9.78 Å². The van der Waals surface area contributed by atoms with Crippen molar-refractivity contribution in [3.63, 3.8) is 0 Å². The highest BCUT2D eigenvalue weighted by molar-refractivity contribution is 5.74. The second kappa shape index (κ2) is 6.55. The van der Waals surface area contributed by atoms with Gasteiger partial charge < -0.3 is 16.4 Å². The summed E-state index contributed by atoms with van der Waals surface area (Å²) in [6.45, 7) is 0.410. The number of hydrogen-bond acceptors (Lipinski definition) is 6. The summed E-state index contributed by atoms with van der Waals surface area (Å²) in [7, 11) is 0. The van der Waals surface area contributed by atoms with Gasteiger partial charge in [-0.05, 0) is 18.8 Å². The van der Waals surface area contributed by atoms with E-state index in [-0.39, 0.29) is 12.3 Å². The second-order valence-corrected chi connectivity index (χ2v) is 5.43. The van der Waals surface area contributed by atoms with Crippen molar-refractivity contribution in [2.45, 2.75) is 25.2 Å². The Morgan fingerprint density at radius 2 is 2.17 bits per heavy atom. The lowest BCUT2D eigenvalue weighted by atomic mass is 10.2. The molecule has 4 N–H and O–H groups in total. The van der Waals surface area contributed by atoms with Crippen LogP contribution in [0, 0.1) is 5.82 Å². The van der Waals surface area contributed by atoms with E-state index >= 15 is 0 Å². The van der Waals surface area contributed by atoms with E-state index in [9.17, 15) is 9.18 Å². The number of rotatable bonds is 7. The largest absolute Gasteiger partial charge is 0.370 e. The minimum atomic E-state index is -0.440. The van der Waals surface area contributed by atoms with Crippen molar-refractivity contribution < 1.29 is 9.18 Å². The first-order valence-electron chi connectivity index (χ1n) is 7.38. The van der Waals surface area contributed by atoms with Crippen molar-refractivity contribution in [2.75, 3.05) is 17.2 Å². The summed E-state index contributed by atoms with van der Waals surface area (Å²) in [5, 5.41) is 6.04. The molecule has 2 aromatic heterocycles. The Labute approximate surface area is 132 Å². The molecule has 0 bridgehead atoms. The van der Waals surface area contributed by atoms with Crippen molar-refractivity contribution in [1.82, 2.24) is 15.0 Å². The van der Waals surface area contributed by atoms with Crippen molar-refractivity contribution >= 4 is 23.4 Å². The number of halogens is 1. The summed E-state index contributed by atoms with van der Waals surface area (Å²) in [4.78, 5) is 23.3. The average molecular weight is 316 g/mol. The molecule has 8 heteroatoms. The van der Waals surface area contributed by atoms with Gasteiger partial charge in [-0.25, -0.2) is 9.37 Å². The third-order valence-corrected chi connectivity index (χ3v) is 3.46. The molecule has 0 atom stereocenters. The van der Waals surface area contributed by atoms with Crippen molar-refractivity contribution in [3.05, 3.63) is 36.0 Å². The minimum Gasteiger partial charge on any atom is -0.370 e. The Kier molecular flexibility index (Phi) is 4.31. The number of nitrogens with zero attached hydrogens (tertiary/aromatic N) is 3. The third kappa shape index (κ3) is 4.12. The van der Waals surface area contributed by atoms with E-state index in [1.54, 1.807) is 6.20 Å². The highest BCUT2D eigenvalue weighted by Crippen LogP contribution is 2.42. The molecule has 3 rings (SSSR count). The monoisotopic (exact) mass is 316 g/mol. The fraction of sp³-hybridized carbons (Fsp3) is 0.333. The van der Waals surface area contributed by atoms with Crippen LogP contribution >= 0.6 is 0 Å². The van der Waals surface area contributed by atoms with E-state index < -0.39 is 5.82 Å². The van der Waals surface area contributed by atoms with E-state index in [2.05, 4.69) is 25.6 Å². The fourth-order valence-electron chi connectivity index (χ4n) is 2.20. The molecule has 0 aromatic carbocycles. The van der Waals surface area contributed by atoms with Gasteiger partial charge in [-0.15, -0.1) is 0 Å². The van der Waals surface area contributed by atoms with Crippen LogP contribution in [0.3, 0.4) is 0 Å². The maximum Gasteiger partial charge on any atom is 0.229 e. The number of nitrogens with two attached hydrogens (primary N) is 1. The molecule has 0 aliphatic heterocycles. The van der Waals surface area contributed by atoms with Crippen molar-refractivity contribution in [3.8, 4) is 0 Å². The standard InChI is InChI=1S/C15H17FN6O/c16-10-5-11(7-18-6-10)21-15-20-8-12(9-1-2-9)14(22-15)19-4-3-13(17)23/h5-9H,1-4H2,(H2,17,23)(H2,19,20,21,22). The van der Waals surface area contributed by atoms with Crippen LogP contribution in [-0.4, -0.2) is 27.4 Å². The van der Waals surface area contributed by atoms with Gasteiger partial charge in [0.2, 0.25) is 11.9 Å². The Morgan fingerprint density at radius 3 is 2.87 bits per heavy atom. The lowest BCUT2D eigenvalue weighted by Crippen LogP contribution is -2.17. The summed E-state index contributed by atoms with van der Waals surface area (Å²) in [5.41, 5.74) is 6.64. The van der Waals surface area contributed by atoms with Gasteiger partial charge in [0.25, 0.3) is 0 Å². The van der Waals surface area contributed by atoms with Crippen molar-refractivity contribution in [1.29, 1.82) is 0 Å². The summed E-state index contributed by atoms with van der Waals surface area (Å²) in [6.07, 6.45) is 6.81. The number of primary amides is 1. The first-order valence-corrected chi connectivity index (χ1v) is 7.38. The molecule has 2 aromatic rings. The predicted molar refractivity (Wildman–Crippen MR) is 83.8 cm³/mol. The molecule has 1 aliphatic carbocycles. The third-order valence-electron chi connectivity index (χ3n) is 3.46. The molecule has 23 heavy (non-hydrogen) atoms. The van der Waals surface area contributed by atoms with Crippen molar-refractivity contribution in [2.24, 2.45) is 5.73 Å². The zero-order chi connectivity index (χ0) is 16.2. The number of aromatic nitrogens is 3. The SMILES string of the molecule is NC(=O)CCNc1nc(Nc2cncc(F)c2)ncc1C1CC1. The molecule has 1 aliphatic rings. The maximum absolute atomic E-state index is 13.2. The quantitative estimate of drug-likeness (QED) is 0.720.